The molecule has 2 atom stereocenters. The number of nitrogens with one attached hydrogen (secondary N) is 3. The maximum Gasteiger partial charge on any atom is 0.408 e. The van der Waals surface area contributed by atoms with Crippen LogP contribution in [0.2, 0.25) is 0 Å². The average molecular weight is 802 g/mol. The van der Waals surface area contributed by atoms with Crippen LogP contribution in [0.5, 0.6) is 0 Å². The Labute approximate surface area is 333 Å². The Bertz CT molecular complexity index is 2060. The van der Waals surface area contributed by atoms with Crippen LogP contribution in [0.3, 0.4) is 0 Å². The van der Waals surface area contributed by atoms with E-state index in [4.69, 9.17) is 9.15 Å². The Morgan fingerprint density at radius 3 is 2.12 bits per heavy atom. The number of rotatable bonds is 9. The number of aryl methyl sites for hydroxylation is 1. The first kappa shape index (κ1) is 41.6. The monoisotopic (exact) mass is 801 g/mol. The van der Waals surface area contributed by atoms with Crippen LogP contribution in [-0.2, 0) is 14.3 Å². The normalized spacial score (nSPS) is 17.9. The summed E-state index contributed by atoms with van der Waals surface area (Å²) in [6.45, 7) is 8.32. The van der Waals surface area contributed by atoms with Crippen LogP contribution in [0.25, 0.3) is 11.0 Å². The van der Waals surface area contributed by atoms with Crippen molar-refractivity contribution in [3.05, 3.63) is 74.8 Å². The molecule has 3 amide bonds. The molecule has 0 radical (unpaired) electrons. The fourth-order valence-corrected chi connectivity index (χ4v) is 7.60. The largest absolute Gasteiger partial charge is 0.461 e. The number of benzene rings is 1. The highest BCUT2D eigenvalue weighted by molar-refractivity contribution is 7.08. The Kier molecular flexibility index (Phi) is 14.4. The van der Waals surface area contributed by atoms with E-state index in [1.54, 1.807) is 48.6 Å². The van der Waals surface area contributed by atoms with Gasteiger partial charge in [-0.05, 0) is 113 Å². The fraction of sp³-hybridized carbons (Fsp3) is 0.425. The highest BCUT2D eigenvalue weighted by Crippen LogP contribution is 2.23. The third-order valence-electron chi connectivity index (χ3n) is 8.94. The SMILES string of the molecule is CC(C)(C)OC(=O)N[C@H]1CCCCN(CC(=O)c2ccsc2)C1=O.Cc1cc2cc(NC(=N[C@H]3CCCCN(CC(=O)c4ccsc4)C3=O)NC#N)ccc2o1. The van der Waals surface area contributed by atoms with Crippen molar-refractivity contribution < 1.29 is 33.1 Å². The molecular weight excluding hydrogens is 755 g/mol. The lowest BCUT2D eigenvalue weighted by atomic mass is 10.1. The minimum Gasteiger partial charge on any atom is -0.461 e. The van der Waals surface area contributed by atoms with Crippen molar-refractivity contribution in [3.8, 4) is 6.19 Å². The van der Waals surface area contributed by atoms with Gasteiger partial charge in [-0.3, -0.25) is 24.5 Å². The molecule has 2 fully saturated rings. The number of fused-ring (bicyclic) bond motifs is 1. The maximum absolute atomic E-state index is 13.1. The quantitative estimate of drug-likeness (QED) is 0.0538. The number of guanidine groups is 1. The van der Waals surface area contributed by atoms with Crippen LogP contribution in [-0.4, -0.2) is 89.1 Å². The second-order valence-corrected chi connectivity index (χ2v) is 16.1. The Hall–Kier alpha value is -5.53. The third-order valence-corrected chi connectivity index (χ3v) is 10.3. The van der Waals surface area contributed by atoms with Crippen LogP contribution >= 0.6 is 22.7 Å². The summed E-state index contributed by atoms with van der Waals surface area (Å²) in [6.07, 6.45) is 5.62. The highest BCUT2D eigenvalue weighted by Gasteiger charge is 2.31. The number of anilines is 1. The molecule has 56 heavy (non-hydrogen) atoms. The first-order valence-electron chi connectivity index (χ1n) is 18.5. The van der Waals surface area contributed by atoms with Gasteiger partial charge < -0.3 is 29.6 Å². The van der Waals surface area contributed by atoms with Crippen LogP contribution < -0.4 is 16.0 Å². The molecule has 16 heteroatoms. The van der Waals surface area contributed by atoms with Gasteiger partial charge >= 0.3 is 6.09 Å². The molecule has 2 aliphatic rings. The fourth-order valence-electron chi connectivity index (χ4n) is 6.28. The summed E-state index contributed by atoms with van der Waals surface area (Å²) in [5, 5.41) is 25.6. The molecular formula is C40H47N7O7S2. The molecule has 3 N–H and O–H groups in total. The lowest BCUT2D eigenvalue weighted by molar-refractivity contribution is -0.132. The standard InChI is InChI=1S/C23H23N5O3S.C17H24N2O4S/c1-15-10-17-11-18(5-6-21(17)31-15)26-23(25-14-24)27-19-4-2-3-8-28(22(19)30)12-20(29)16-7-9-32-13-16;1-17(2,3)23-16(22)18-13-6-4-5-8-19(15(13)21)10-14(20)12-7-9-24-11-12/h5-7,9-11,13,19H,2-4,8,12H2,1H3,(H2,25,26,27);7,9,11,13H,4-6,8,10H2,1-3H3,(H,18,22)/t19-;13-/m00/s1. The molecule has 3 aromatic heterocycles. The number of carbonyl (C=O) groups excluding carboxylic acids is 5. The van der Waals surface area contributed by atoms with Crippen molar-refractivity contribution in [1.82, 2.24) is 20.4 Å². The minimum absolute atomic E-state index is 0.0343. The van der Waals surface area contributed by atoms with Gasteiger partial charge in [-0.2, -0.15) is 27.9 Å². The summed E-state index contributed by atoms with van der Waals surface area (Å²) in [7, 11) is 0. The van der Waals surface area contributed by atoms with E-state index >= 15 is 0 Å². The number of amides is 3. The van der Waals surface area contributed by atoms with Crippen LogP contribution in [0.1, 0.15) is 85.8 Å². The Morgan fingerprint density at radius 2 is 1.54 bits per heavy atom. The predicted octanol–water partition coefficient (Wildman–Crippen LogP) is 6.74. The second kappa shape index (κ2) is 19.4. The molecule has 2 aliphatic heterocycles. The molecule has 0 spiro atoms. The lowest BCUT2D eigenvalue weighted by Gasteiger charge is -2.26. The molecule has 0 bridgehead atoms. The van der Waals surface area contributed by atoms with Gasteiger partial charge in [0.1, 0.15) is 29.0 Å². The number of hydrogen-bond acceptors (Lipinski definition) is 11. The number of likely N-dealkylation sites (tertiary alicyclic amines) is 2. The Morgan fingerprint density at radius 1 is 0.911 bits per heavy atom. The second-order valence-electron chi connectivity index (χ2n) is 14.5. The van der Waals surface area contributed by atoms with Crippen LogP contribution in [0.15, 0.2) is 67.3 Å². The summed E-state index contributed by atoms with van der Waals surface area (Å²) in [6, 6.07) is 9.68. The van der Waals surface area contributed by atoms with E-state index in [9.17, 15) is 29.2 Å². The lowest BCUT2D eigenvalue weighted by Crippen LogP contribution is -2.49. The molecule has 6 rings (SSSR count). The molecule has 296 valence electrons. The summed E-state index contributed by atoms with van der Waals surface area (Å²) in [4.78, 5) is 70.1. The third kappa shape index (κ3) is 12.0. The number of hydrogen-bond donors (Lipinski definition) is 3. The van der Waals surface area contributed by atoms with Gasteiger partial charge in [0.15, 0.2) is 17.8 Å². The number of furan rings is 1. The average Bonchev–Trinajstić information content (AvgIpc) is 3.91. The summed E-state index contributed by atoms with van der Waals surface area (Å²) in [5.41, 5.74) is 2.10. The molecule has 0 unspecified atom stereocenters. The van der Waals surface area contributed by atoms with E-state index in [0.29, 0.717) is 42.7 Å². The number of ether oxygens (including phenoxy) is 1. The topological polar surface area (TPSA) is 186 Å². The first-order valence-corrected chi connectivity index (χ1v) is 20.4. The van der Waals surface area contributed by atoms with Crippen LogP contribution in [0, 0.1) is 18.4 Å². The van der Waals surface area contributed by atoms with Gasteiger partial charge in [-0.1, -0.05) is 0 Å². The smallest absolute Gasteiger partial charge is 0.408 e. The van der Waals surface area contributed by atoms with E-state index in [-0.39, 0.29) is 42.4 Å². The number of nitrogens with zero attached hydrogens (tertiary/aromatic N) is 4. The zero-order chi connectivity index (χ0) is 40.2. The van der Waals surface area contributed by atoms with Gasteiger partial charge in [0.2, 0.25) is 17.8 Å². The molecule has 0 saturated carbocycles. The van der Waals surface area contributed by atoms with Crippen molar-refractivity contribution in [1.29, 1.82) is 5.26 Å². The minimum atomic E-state index is -0.670. The van der Waals surface area contributed by atoms with E-state index in [2.05, 4.69) is 20.9 Å². The van der Waals surface area contributed by atoms with Crippen molar-refractivity contribution in [2.75, 3.05) is 31.5 Å². The van der Waals surface area contributed by atoms with Gasteiger partial charge in [-0.15, -0.1) is 0 Å². The number of nitriles is 1. The zero-order valence-corrected chi connectivity index (χ0v) is 33.6. The van der Waals surface area contributed by atoms with Gasteiger partial charge in [0.05, 0.1) is 13.1 Å². The molecule has 5 heterocycles. The first-order chi connectivity index (χ1) is 26.8. The summed E-state index contributed by atoms with van der Waals surface area (Å²) < 4.78 is 10.8. The van der Waals surface area contributed by atoms with Gasteiger partial charge in [0.25, 0.3) is 0 Å². The summed E-state index contributed by atoms with van der Waals surface area (Å²) in [5.74, 6) is 0.413. The number of thiophene rings is 2. The number of alkyl carbamates (subject to hydrolysis) is 1. The predicted molar refractivity (Wildman–Crippen MR) is 216 cm³/mol. The number of Topliss-reactive ketones (excluding diaryl/α,β-unsaturated/α-hetero) is 2. The van der Waals surface area contributed by atoms with E-state index in [0.717, 1.165) is 42.4 Å². The molecule has 1 aromatic carbocycles. The van der Waals surface area contributed by atoms with Gasteiger partial charge in [0, 0.05) is 46.1 Å². The highest BCUT2D eigenvalue weighted by atomic mass is 32.1. The van der Waals surface area contributed by atoms with Crippen molar-refractivity contribution in [2.45, 2.75) is 83.9 Å². The van der Waals surface area contributed by atoms with E-state index in [1.165, 1.54) is 27.6 Å². The van der Waals surface area contributed by atoms with E-state index < -0.39 is 23.8 Å². The van der Waals surface area contributed by atoms with Crippen molar-refractivity contribution >= 4 is 74.8 Å². The molecule has 0 aliphatic carbocycles. The Balaban J connectivity index is 0.000000224. The van der Waals surface area contributed by atoms with Crippen molar-refractivity contribution in [2.24, 2.45) is 4.99 Å². The van der Waals surface area contributed by atoms with Crippen LogP contribution in [0.4, 0.5) is 10.5 Å². The van der Waals surface area contributed by atoms with E-state index in [1.807, 2.05) is 48.1 Å². The van der Waals surface area contributed by atoms with Gasteiger partial charge in [-0.25, -0.2) is 9.79 Å². The van der Waals surface area contributed by atoms with Crippen molar-refractivity contribution in [3.63, 3.8) is 0 Å². The number of carbonyl (C=O) groups is 5. The molecule has 4 aromatic rings. The summed E-state index contributed by atoms with van der Waals surface area (Å²) >= 11 is 2.90. The molecule has 14 nitrogen and oxygen atoms in total. The molecule has 2 saturated heterocycles. The number of aliphatic imine (C=N–C) groups is 1. The number of ketones is 2. The zero-order valence-electron chi connectivity index (χ0n) is 32.0. The maximum atomic E-state index is 13.1.